The van der Waals surface area contributed by atoms with E-state index in [-0.39, 0.29) is 0 Å². The van der Waals surface area contributed by atoms with Crippen LogP contribution in [0.5, 0.6) is 0 Å². The summed E-state index contributed by atoms with van der Waals surface area (Å²) in [5, 5.41) is 10.6. The van der Waals surface area contributed by atoms with E-state index in [2.05, 4.69) is 6.92 Å². The van der Waals surface area contributed by atoms with Gasteiger partial charge < -0.3 is 9.84 Å². The molecule has 2 aliphatic rings. The Labute approximate surface area is 93.0 Å². The summed E-state index contributed by atoms with van der Waals surface area (Å²) in [7, 11) is 0. The number of hydrogen-bond acceptors (Lipinski definition) is 2. The van der Waals surface area contributed by atoms with Crippen molar-refractivity contribution in [2.24, 2.45) is 11.8 Å². The summed E-state index contributed by atoms with van der Waals surface area (Å²) in [6.45, 7) is 3.79. The van der Waals surface area contributed by atoms with E-state index in [0.29, 0.717) is 5.92 Å². The molecule has 0 radical (unpaired) electrons. The number of ether oxygens (including phenoxy) is 1. The van der Waals surface area contributed by atoms with Crippen molar-refractivity contribution in [2.45, 2.75) is 57.5 Å². The lowest BCUT2D eigenvalue weighted by atomic mass is 9.69. The highest BCUT2D eigenvalue weighted by Crippen LogP contribution is 2.41. The van der Waals surface area contributed by atoms with Gasteiger partial charge in [-0.25, -0.2) is 0 Å². The van der Waals surface area contributed by atoms with Gasteiger partial charge in [-0.05, 0) is 37.5 Å². The van der Waals surface area contributed by atoms with Crippen molar-refractivity contribution in [3.8, 4) is 0 Å². The maximum atomic E-state index is 10.6. The molecule has 0 bridgehead atoms. The summed E-state index contributed by atoms with van der Waals surface area (Å²) in [6, 6.07) is 0. The van der Waals surface area contributed by atoms with Gasteiger partial charge in [0.15, 0.2) is 0 Å². The molecule has 1 saturated carbocycles. The Morgan fingerprint density at radius 1 is 1.27 bits per heavy atom. The molecule has 0 amide bonds. The molecule has 2 heteroatoms. The topological polar surface area (TPSA) is 29.5 Å². The van der Waals surface area contributed by atoms with Crippen LogP contribution in [0.4, 0.5) is 0 Å². The molecule has 15 heavy (non-hydrogen) atoms. The van der Waals surface area contributed by atoms with E-state index in [1.165, 1.54) is 32.1 Å². The van der Waals surface area contributed by atoms with Crippen LogP contribution in [0.15, 0.2) is 0 Å². The van der Waals surface area contributed by atoms with Crippen LogP contribution < -0.4 is 0 Å². The lowest BCUT2D eigenvalue weighted by molar-refractivity contribution is -0.111. The van der Waals surface area contributed by atoms with Gasteiger partial charge in [-0.3, -0.25) is 0 Å². The fourth-order valence-electron chi connectivity index (χ4n) is 3.28. The van der Waals surface area contributed by atoms with Gasteiger partial charge in [-0.15, -0.1) is 0 Å². The Morgan fingerprint density at radius 3 is 2.67 bits per heavy atom. The van der Waals surface area contributed by atoms with E-state index in [0.717, 1.165) is 32.0 Å². The molecule has 2 rings (SSSR count). The molecule has 0 spiro atoms. The van der Waals surface area contributed by atoms with Crippen LogP contribution in [0.3, 0.4) is 0 Å². The minimum atomic E-state index is -0.397. The third-order valence-electron chi connectivity index (χ3n) is 4.48. The SMILES string of the molecule is CCC1CCCC(C2(O)CCOCC2)C1. The molecule has 2 fully saturated rings. The number of rotatable bonds is 2. The highest BCUT2D eigenvalue weighted by Gasteiger charge is 2.40. The van der Waals surface area contributed by atoms with Crippen molar-refractivity contribution >= 4 is 0 Å². The second kappa shape index (κ2) is 4.84. The minimum absolute atomic E-state index is 0.397. The van der Waals surface area contributed by atoms with Gasteiger partial charge in [-0.2, -0.15) is 0 Å². The van der Waals surface area contributed by atoms with Crippen molar-refractivity contribution in [2.75, 3.05) is 13.2 Å². The third-order valence-corrected chi connectivity index (χ3v) is 4.48. The largest absolute Gasteiger partial charge is 0.389 e. The standard InChI is InChI=1S/C13H24O2/c1-2-11-4-3-5-12(10-11)13(14)6-8-15-9-7-13/h11-12,14H,2-10H2,1H3. The van der Waals surface area contributed by atoms with Gasteiger partial charge >= 0.3 is 0 Å². The smallest absolute Gasteiger partial charge is 0.0719 e. The predicted octanol–water partition coefficient (Wildman–Crippen LogP) is 2.74. The molecule has 1 saturated heterocycles. The van der Waals surface area contributed by atoms with Gasteiger partial charge in [0.05, 0.1) is 5.60 Å². The minimum Gasteiger partial charge on any atom is -0.389 e. The summed E-state index contributed by atoms with van der Waals surface area (Å²) >= 11 is 0. The van der Waals surface area contributed by atoms with E-state index >= 15 is 0 Å². The van der Waals surface area contributed by atoms with E-state index in [4.69, 9.17) is 4.74 Å². The van der Waals surface area contributed by atoms with Crippen molar-refractivity contribution in [3.63, 3.8) is 0 Å². The Balaban J connectivity index is 1.95. The molecule has 2 unspecified atom stereocenters. The zero-order valence-corrected chi connectivity index (χ0v) is 9.87. The Kier molecular flexibility index (Phi) is 3.68. The first-order valence-corrected chi connectivity index (χ1v) is 6.55. The fraction of sp³-hybridized carbons (Fsp3) is 1.00. The van der Waals surface area contributed by atoms with Crippen LogP contribution >= 0.6 is 0 Å². The molecule has 0 aromatic rings. The Morgan fingerprint density at radius 2 is 2.00 bits per heavy atom. The molecule has 2 atom stereocenters. The van der Waals surface area contributed by atoms with Gasteiger partial charge in [0.1, 0.15) is 0 Å². The summed E-state index contributed by atoms with van der Waals surface area (Å²) in [6.07, 6.45) is 8.15. The molecule has 2 nitrogen and oxygen atoms in total. The summed E-state index contributed by atoms with van der Waals surface area (Å²) < 4.78 is 5.35. The normalized spacial score (nSPS) is 36.4. The van der Waals surface area contributed by atoms with Gasteiger partial charge in [0, 0.05) is 13.2 Å². The summed E-state index contributed by atoms with van der Waals surface area (Å²) in [5.74, 6) is 1.40. The van der Waals surface area contributed by atoms with Crippen molar-refractivity contribution in [1.82, 2.24) is 0 Å². The summed E-state index contributed by atoms with van der Waals surface area (Å²) in [5.41, 5.74) is -0.397. The second-order valence-corrected chi connectivity index (χ2v) is 5.35. The first-order chi connectivity index (χ1) is 7.24. The lowest BCUT2D eigenvalue weighted by Gasteiger charge is -2.43. The van der Waals surface area contributed by atoms with Crippen LogP contribution in [0.1, 0.15) is 51.9 Å². The second-order valence-electron chi connectivity index (χ2n) is 5.35. The maximum Gasteiger partial charge on any atom is 0.0719 e. The third kappa shape index (κ3) is 2.54. The van der Waals surface area contributed by atoms with Crippen LogP contribution in [-0.2, 0) is 4.74 Å². The van der Waals surface area contributed by atoms with Gasteiger partial charge in [-0.1, -0.05) is 26.2 Å². The quantitative estimate of drug-likeness (QED) is 0.762. The lowest BCUT2D eigenvalue weighted by Crippen LogP contribution is -2.45. The fourth-order valence-corrected chi connectivity index (χ4v) is 3.28. The van der Waals surface area contributed by atoms with Crippen LogP contribution in [0.2, 0.25) is 0 Å². The molecule has 1 aliphatic carbocycles. The summed E-state index contributed by atoms with van der Waals surface area (Å²) in [4.78, 5) is 0. The first-order valence-electron chi connectivity index (χ1n) is 6.55. The molecular weight excluding hydrogens is 188 g/mol. The Bertz CT molecular complexity index is 197. The highest BCUT2D eigenvalue weighted by atomic mass is 16.5. The zero-order valence-electron chi connectivity index (χ0n) is 9.87. The average molecular weight is 212 g/mol. The first kappa shape index (κ1) is 11.4. The predicted molar refractivity (Wildman–Crippen MR) is 60.7 cm³/mol. The van der Waals surface area contributed by atoms with Crippen molar-refractivity contribution in [1.29, 1.82) is 0 Å². The highest BCUT2D eigenvalue weighted by molar-refractivity contribution is 4.91. The van der Waals surface area contributed by atoms with E-state index in [1.54, 1.807) is 0 Å². The molecule has 0 aromatic heterocycles. The van der Waals surface area contributed by atoms with Crippen molar-refractivity contribution < 1.29 is 9.84 Å². The number of hydrogen-bond donors (Lipinski definition) is 1. The zero-order chi connectivity index (χ0) is 10.7. The average Bonchev–Trinajstić information content (AvgIpc) is 2.30. The van der Waals surface area contributed by atoms with Gasteiger partial charge in [0.25, 0.3) is 0 Å². The molecular formula is C13H24O2. The Hall–Kier alpha value is -0.0800. The van der Waals surface area contributed by atoms with Gasteiger partial charge in [0.2, 0.25) is 0 Å². The molecule has 1 aliphatic heterocycles. The molecule has 1 N–H and O–H groups in total. The molecule has 88 valence electrons. The van der Waals surface area contributed by atoms with E-state index in [1.807, 2.05) is 0 Å². The van der Waals surface area contributed by atoms with Crippen LogP contribution in [0.25, 0.3) is 0 Å². The monoisotopic (exact) mass is 212 g/mol. The maximum absolute atomic E-state index is 10.6. The molecule has 1 heterocycles. The van der Waals surface area contributed by atoms with E-state index < -0.39 is 5.60 Å². The number of aliphatic hydroxyl groups is 1. The van der Waals surface area contributed by atoms with Crippen molar-refractivity contribution in [3.05, 3.63) is 0 Å². The van der Waals surface area contributed by atoms with Crippen LogP contribution in [0, 0.1) is 11.8 Å². The molecule has 0 aromatic carbocycles. The van der Waals surface area contributed by atoms with E-state index in [9.17, 15) is 5.11 Å². The van der Waals surface area contributed by atoms with Crippen LogP contribution in [-0.4, -0.2) is 23.9 Å².